The normalized spacial score (nSPS) is 11.6. The molecule has 0 aliphatic rings. The molecule has 0 aliphatic heterocycles. The second-order valence-electron chi connectivity index (χ2n) is 5.08. The monoisotopic (exact) mass is 350 g/mol. The average molecular weight is 351 g/mol. The molecule has 1 N–H and O–H groups in total. The number of nitrogens with one attached hydrogen (secondary N) is 1. The fourth-order valence-corrected chi connectivity index (χ4v) is 2.02. The highest BCUT2D eigenvalue weighted by Crippen LogP contribution is 2.08. The first-order valence-electron chi connectivity index (χ1n) is 7.30. The molecule has 0 aliphatic carbocycles. The Morgan fingerprint density at radius 2 is 1.96 bits per heavy atom. The summed E-state index contributed by atoms with van der Waals surface area (Å²) < 4.78 is 17.9. The number of nitrogens with zero attached hydrogens (tertiary/aromatic N) is 1. The van der Waals surface area contributed by atoms with Crippen molar-refractivity contribution >= 4 is 23.5 Å². The number of hydrogen-bond donors (Lipinski definition) is 1. The van der Waals surface area contributed by atoms with E-state index in [0.29, 0.717) is 13.0 Å². The van der Waals surface area contributed by atoms with Crippen LogP contribution in [0.5, 0.6) is 0 Å². The van der Waals surface area contributed by atoms with E-state index in [1.807, 2.05) is 0 Å². The van der Waals surface area contributed by atoms with Crippen LogP contribution < -0.4 is 5.32 Å². The summed E-state index contributed by atoms with van der Waals surface area (Å²) in [7, 11) is 0. The first kappa shape index (κ1) is 17.9. The molecule has 1 amide bonds. The number of benzene rings is 1. The van der Waals surface area contributed by atoms with Gasteiger partial charge in [0.15, 0.2) is 6.10 Å². The van der Waals surface area contributed by atoms with E-state index in [9.17, 15) is 14.0 Å². The predicted molar refractivity (Wildman–Crippen MR) is 87.2 cm³/mol. The smallest absolute Gasteiger partial charge is 0.340 e. The Morgan fingerprint density at radius 1 is 1.25 bits per heavy atom. The Morgan fingerprint density at radius 3 is 2.58 bits per heavy atom. The van der Waals surface area contributed by atoms with Gasteiger partial charge in [-0.15, -0.1) is 0 Å². The third-order valence-electron chi connectivity index (χ3n) is 3.24. The van der Waals surface area contributed by atoms with Gasteiger partial charge in [-0.05, 0) is 43.2 Å². The number of rotatable bonds is 6. The van der Waals surface area contributed by atoms with E-state index < -0.39 is 18.0 Å². The molecule has 0 bridgehead atoms. The number of ether oxygens (including phenoxy) is 1. The minimum absolute atomic E-state index is 0.213. The van der Waals surface area contributed by atoms with E-state index >= 15 is 0 Å². The summed E-state index contributed by atoms with van der Waals surface area (Å²) in [6.45, 7) is 1.84. The number of carbonyl (C=O) groups excluding carboxylic acids is 2. The Labute approximate surface area is 143 Å². The fourth-order valence-electron chi connectivity index (χ4n) is 1.90. The van der Waals surface area contributed by atoms with Gasteiger partial charge in [-0.3, -0.25) is 4.79 Å². The Balaban J connectivity index is 1.78. The average Bonchev–Trinajstić information content (AvgIpc) is 2.57. The Bertz CT molecular complexity index is 705. The molecule has 1 aromatic heterocycles. The maximum absolute atomic E-state index is 12.8. The van der Waals surface area contributed by atoms with Crippen LogP contribution in [0.15, 0.2) is 42.6 Å². The van der Waals surface area contributed by atoms with E-state index in [4.69, 9.17) is 16.3 Å². The largest absolute Gasteiger partial charge is 0.449 e. The zero-order valence-corrected chi connectivity index (χ0v) is 13.7. The SMILES string of the molecule is C[C@H](OC(=O)c1ccc(Cl)nc1)C(=O)NCCc1ccc(F)cc1. The zero-order valence-electron chi connectivity index (χ0n) is 13.0. The maximum atomic E-state index is 12.8. The van der Waals surface area contributed by atoms with Crippen molar-refractivity contribution in [2.24, 2.45) is 0 Å². The topological polar surface area (TPSA) is 68.3 Å². The van der Waals surface area contributed by atoms with Crippen LogP contribution in [0.3, 0.4) is 0 Å². The maximum Gasteiger partial charge on any atom is 0.340 e. The van der Waals surface area contributed by atoms with Crippen molar-refractivity contribution in [2.45, 2.75) is 19.4 Å². The van der Waals surface area contributed by atoms with Gasteiger partial charge >= 0.3 is 5.97 Å². The molecule has 2 aromatic rings. The van der Waals surface area contributed by atoms with Gasteiger partial charge < -0.3 is 10.1 Å². The number of amides is 1. The lowest BCUT2D eigenvalue weighted by atomic mass is 10.1. The number of pyridine rings is 1. The molecule has 2 rings (SSSR count). The molecule has 0 saturated heterocycles. The molecular formula is C17H16ClFN2O3. The van der Waals surface area contributed by atoms with E-state index in [1.54, 1.807) is 12.1 Å². The molecular weight excluding hydrogens is 335 g/mol. The highest BCUT2D eigenvalue weighted by atomic mass is 35.5. The number of esters is 1. The second-order valence-corrected chi connectivity index (χ2v) is 5.47. The molecule has 0 radical (unpaired) electrons. The molecule has 0 fully saturated rings. The van der Waals surface area contributed by atoms with E-state index in [1.165, 1.54) is 37.4 Å². The molecule has 0 unspecified atom stereocenters. The van der Waals surface area contributed by atoms with Gasteiger partial charge in [-0.25, -0.2) is 14.2 Å². The summed E-state index contributed by atoms with van der Waals surface area (Å²) in [5.74, 6) is -1.37. The van der Waals surface area contributed by atoms with Gasteiger partial charge in [-0.2, -0.15) is 0 Å². The summed E-state index contributed by atoms with van der Waals surface area (Å²) in [4.78, 5) is 27.6. The van der Waals surface area contributed by atoms with Crippen molar-refractivity contribution in [3.8, 4) is 0 Å². The van der Waals surface area contributed by atoms with Crippen LogP contribution in [0, 0.1) is 5.82 Å². The van der Waals surface area contributed by atoms with E-state index in [-0.39, 0.29) is 16.5 Å². The molecule has 1 atom stereocenters. The lowest BCUT2D eigenvalue weighted by molar-refractivity contribution is -0.129. The van der Waals surface area contributed by atoms with E-state index in [2.05, 4.69) is 10.3 Å². The van der Waals surface area contributed by atoms with Gasteiger partial charge in [0, 0.05) is 12.7 Å². The summed E-state index contributed by atoms with van der Waals surface area (Å²) in [5.41, 5.74) is 1.11. The summed E-state index contributed by atoms with van der Waals surface area (Å²) >= 11 is 5.64. The lowest BCUT2D eigenvalue weighted by Crippen LogP contribution is -2.36. The molecule has 0 saturated carbocycles. The molecule has 5 nitrogen and oxygen atoms in total. The third-order valence-corrected chi connectivity index (χ3v) is 3.47. The van der Waals surface area contributed by atoms with Gasteiger partial charge in [0.2, 0.25) is 0 Å². The summed E-state index contributed by atoms with van der Waals surface area (Å²) in [6, 6.07) is 8.96. The number of carbonyl (C=O) groups is 2. The minimum atomic E-state index is -0.943. The van der Waals surface area contributed by atoms with Crippen LogP contribution >= 0.6 is 11.6 Å². The first-order valence-corrected chi connectivity index (χ1v) is 7.68. The van der Waals surface area contributed by atoms with Crippen LogP contribution in [0.2, 0.25) is 5.15 Å². The molecule has 24 heavy (non-hydrogen) atoms. The number of halogens is 2. The van der Waals surface area contributed by atoms with Gasteiger partial charge in [0.25, 0.3) is 5.91 Å². The van der Waals surface area contributed by atoms with Crippen molar-refractivity contribution in [1.29, 1.82) is 0 Å². The minimum Gasteiger partial charge on any atom is -0.449 e. The van der Waals surface area contributed by atoms with Gasteiger partial charge in [-0.1, -0.05) is 23.7 Å². The van der Waals surface area contributed by atoms with Crippen LogP contribution in [0.25, 0.3) is 0 Å². The van der Waals surface area contributed by atoms with Crippen molar-refractivity contribution in [3.05, 3.63) is 64.7 Å². The molecule has 126 valence electrons. The summed E-state index contributed by atoms with van der Waals surface area (Å²) in [5, 5.41) is 2.93. The number of hydrogen-bond acceptors (Lipinski definition) is 4. The first-order chi connectivity index (χ1) is 11.5. The highest BCUT2D eigenvalue weighted by molar-refractivity contribution is 6.29. The van der Waals surface area contributed by atoms with Crippen molar-refractivity contribution < 1.29 is 18.7 Å². The van der Waals surface area contributed by atoms with Crippen LogP contribution in [0.1, 0.15) is 22.8 Å². The fraction of sp³-hybridized carbons (Fsp3) is 0.235. The van der Waals surface area contributed by atoms with E-state index in [0.717, 1.165) is 5.56 Å². The Kier molecular flexibility index (Phi) is 6.26. The third kappa shape index (κ3) is 5.31. The van der Waals surface area contributed by atoms with Crippen LogP contribution in [-0.2, 0) is 16.0 Å². The van der Waals surface area contributed by atoms with Crippen molar-refractivity contribution in [1.82, 2.24) is 10.3 Å². The van der Waals surface area contributed by atoms with Gasteiger partial charge in [0.1, 0.15) is 11.0 Å². The highest BCUT2D eigenvalue weighted by Gasteiger charge is 2.18. The number of aromatic nitrogens is 1. The lowest BCUT2D eigenvalue weighted by Gasteiger charge is -2.13. The van der Waals surface area contributed by atoms with Crippen molar-refractivity contribution in [3.63, 3.8) is 0 Å². The standard InChI is InChI=1S/C17H16ClFN2O3/c1-11(24-17(23)13-4-7-15(18)21-10-13)16(22)20-9-8-12-2-5-14(19)6-3-12/h2-7,10-11H,8-9H2,1H3,(H,20,22)/t11-/m0/s1. The van der Waals surface area contributed by atoms with Crippen LogP contribution in [0.4, 0.5) is 4.39 Å². The molecule has 1 aromatic carbocycles. The quantitative estimate of drug-likeness (QED) is 0.642. The molecule has 1 heterocycles. The predicted octanol–water partition coefficient (Wildman–Crippen LogP) is 2.78. The Hall–Kier alpha value is -2.47. The van der Waals surface area contributed by atoms with Crippen molar-refractivity contribution in [2.75, 3.05) is 6.54 Å². The van der Waals surface area contributed by atoms with Crippen LogP contribution in [-0.4, -0.2) is 29.5 Å². The van der Waals surface area contributed by atoms with Gasteiger partial charge in [0.05, 0.1) is 5.56 Å². The molecule has 0 spiro atoms. The zero-order chi connectivity index (χ0) is 17.5. The summed E-state index contributed by atoms with van der Waals surface area (Å²) in [6.07, 6.45) is 0.888. The second kappa shape index (κ2) is 8.40. The molecule has 7 heteroatoms.